The van der Waals surface area contributed by atoms with E-state index in [0.29, 0.717) is 0 Å². The summed E-state index contributed by atoms with van der Waals surface area (Å²) in [5, 5.41) is 9.75. The zero-order valence-electron chi connectivity index (χ0n) is 4.31. The summed E-state index contributed by atoms with van der Waals surface area (Å²) >= 11 is 0. The van der Waals surface area contributed by atoms with Crippen LogP contribution in [0.1, 0.15) is 13.8 Å². The molecule has 0 aliphatic carbocycles. The van der Waals surface area contributed by atoms with Crippen molar-refractivity contribution in [2.24, 2.45) is 0 Å². The maximum absolute atomic E-state index is 8.50. The van der Waals surface area contributed by atoms with Gasteiger partial charge >= 0.3 is 29.6 Å². The van der Waals surface area contributed by atoms with Gasteiger partial charge in [0.15, 0.2) is 0 Å². The van der Waals surface area contributed by atoms with Gasteiger partial charge < -0.3 is 5.21 Å². The molecule has 0 aromatic rings. The van der Waals surface area contributed by atoms with Gasteiger partial charge in [0.05, 0.1) is 0 Å². The summed E-state index contributed by atoms with van der Waals surface area (Å²) in [6.07, 6.45) is 0. The van der Waals surface area contributed by atoms with Crippen molar-refractivity contribution in [3.63, 3.8) is 0 Å². The molecule has 0 saturated carbocycles. The van der Waals surface area contributed by atoms with E-state index in [4.69, 9.17) is 5.21 Å². The quantitative estimate of drug-likeness (QED) is 0.404. The molecule has 0 bridgehead atoms. The molecule has 0 fully saturated rings. The van der Waals surface area contributed by atoms with Gasteiger partial charge in [-0.05, 0) is 0 Å². The van der Waals surface area contributed by atoms with Gasteiger partial charge in [-0.25, -0.2) is 0 Å². The molecule has 0 unspecified atom stereocenters. The Labute approximate surface area is 66.8 Å². The second-order valence-corrected chi connectivity index (χ2v) is 1.14. The van der Waals surface area contributed by atoms with Crippen LogP contribution >= 0.6 is 0 Å². The van der Waals surface area contributed by atoms with Crippen LogP contribution in [-0.4, -0.2) is 52.9 Å². The SMILES string of the molecule is CCN(O)CC.[NaH]. The molecule has 0 rings (SSSR count). The van der Waals surface area contributed by atoms with Crippen molar-refractivity contribution in [1.29, 1.82) is 0 Å². The molecular weight excluding hydrogens is 101 g/mol. The van der Waals surface area contributed by atoms with Crippen LogP contribution in [0.15, 0.2) is 0 Å². The molecule has 1 N–H and O–H groups in total. The number of hydrogen-bond donors (Lipinski definition) is 1. The molecule has 0 radical (unpaired) electrons. The van der Waals surface area contributed by atoms with Gasteiger partial charge in [0, 0.05) is 13.1 Å². The number of hydroxylamine groups is 2. The molecule has 0 aliphatic heterocycles. The molecule has 0 atom stereocenters. The van der Waals surface area contributed by atoms with Crippen LogP contribution < -0.4 is 0 Å². The summed E-state index contributed by atoms with van der Waals surface area (Å²) in [4.78, 5) is 0. The third kappa shape index (κ3) is 6.92. The van der Waals surface area contributed by atoms with E-state index in [0.717, 1.165) is 13.1 Å². The standard InChI is InChI=1S/C4H11NO.Na.H/c1-3-5(6)4-2;;/h6H,3-4H2,1-2H3;;. The first-order valence-electron chi connectivity index (χ1n) is 2.25. The van der Waals surface area contributed by atoms with Crippen LogP contribution in [0.4, 0.5) is 0 Å². The number of hydrogen-bond acceptors (Lipinski definition) is 2. The fraction of sp³-hybridized carbons (Fsp3) is 1.00. The topological polar surface area (TPSA) is 23.5 Å². The van der Waals surface area contributed by atoms with E-state index in [1.165, 1.54) is 5.06 Å². The summed E-state index contributed by atoms with van der Waals surface area (Å²) in [6, 6.07) is 0. The molecule has 2 nitrogen and oxygen atoms in total. The third-order valence-electron chi connectivity index (χ3n) is 0.730. The molecule has 0 saturated heterocycles. The minimum absolute atomic E-state index is 0. The zero-order chi connectivity index (χ0) is 4.99. The van der Waals surface area contributed by atoms with E-state index in [9.17, 15) is 0 Å². The minimum atomic E-state index is 0. The van der Waals surface area contributed by atoms with Crippen LogP contribution in [0.2, 0.25) is 0 Å². The summed E-state index contributed by atoms with van der Waals surface area (Å²) in [7, 11) is 0. The van der Waals surface area contributed by atoms with E-state index in [1.807, 2.05) is 13.8 Å². The predicted molar refractivity (Wildman–Crippen MR) is 31.9 cm³/mol. The zero-order valence-corrected chi connectivity index (χ0v) is 4.31. The summed E-state index contributed by atoms with van der Waals surface area (Å²) in [6.45, 7) is 5.25. The second-order valence-electron chi connectivity index (χ2n) is 1.14. The fourth-order valence-corrected chi connectivity index (χ4v) is 0.224. The van der Waals surface area contributed by atoms with Gasteiger partial charge in [-0.1, -0.05) is 13.8 Å². The molecule has 0 aliphatic rings. The molecular formula is C4H12NNaO. The van der Waals surface area contributed by atoms with Crippen LogP contribution in [0.5, 0.6) is 0 Å². The van der Waals surface area contributed by atoms with Crippen molar-refractivity contribution in [1.82, 2.24) is 5.06 Å². The van der Waals surface area contributed by atoms with Gasteiger partial charge in [-0.2, -0.15) is 5.06 Å². The summed E-state index contributed by atoms with van der Waals surface area (Å²) < 4.78 is 0. The Bertz CT molecular complexity index is 30.9. The first-order valence-corrected chi connectivity index (χ1v) is 2.25. The van der Waals surface area contributed by atoms with Crippen molar-refractivity contribution in [3.8, 4) is 0 Å². The van der Waals surface area contributed by atoms with Gasteiger partial charge in [0.25, 0.3) is 0 Å². The molecule has 0 spiro atoms. The third-order valence-corrected chi connectivity index (χ3v) is 0.730. The molecule has 0 aromatic heterocycles. The molecule has 0 aromatic carbocycles. The Morgan fingerprint density at radius 3 is 1.57 bits per heavy atom. The van der Waals surface area contributed by atoms with Crippen LogP contribution in [0.25, 0.3) is 0 Å². The van der Waals surface area contributed by atoms with Gasteiger partial charge in [0.2, 0.25) is 0 Å². The average molecular weight is 113 g/mol. The molecule has 40 valence electrons. The average Bonchev–Trinajstić information content (AvgIpc) is 1.65. The van der Waals surface area contributed by atoms with Gasteiger partial charge in [-0.15, -0.1) is 0 Å². The van der Waals surface area contributed by atoms with E-state index >= 15 is 0 Å². The first kappa shape index (κ1) is 10.8. The predicted octanol–water partition coefficient (Wildman–Crippen LogP) is 0.0689. The van der Waals surface area contributed by atoms with Crippen LogP contribution in [0.3, 0.4) is 0 Å². The molecule has 0 heterocycles. The number of rotatable bonds is 2. The van der Waals surface area contributed by atoms with Gasteiger partial charge in [-0.3, -0.25) is 0 Å². The fourth-order valence-electron chi connectivity index (χ4n) is 0.224. The summed E-state index contributed by atoms with van der Waals surface area (Å²) in [5.74, 6) is 0. The Kier molecular flexibility index (Phi) is 10.7. The second kappa shape index (κ2) is 6.92. The number of nitrogens with zero attached hydrogens (tertiary/aromatic N) is 1. The van der Waals surface area contributed by atoms with E-state index < -0.39 is 0 Å². The Morgan fingerprint density at radius 1 is 1.29 bits per heavy atom. The van der Waals surface area contributed by atoms with Crippen LogP contribution in [0, 0.1) is 0 Å². The Hall–Kier alpha value is 0.920. The Balaban J connectivity index is 0. The normalized spacial score (nSPS) is 8.57. The van der Waals surface area contributed by atoms with E-state index in [-0.39, 0.29) is 29.6 Å². The van der Waals surface area contributed by atoms with Crippen LogP contribution in [-0.2, 0) is 0 Å². The molecule has 7 heavy (non-hydrogen) atoms. The van der Waals surface area contributed by atoms with E-state index in [2.05, 4.69) is 0 Å². The first-order chi connectivity index (χ1) is 2.81. The van der Waals surface area contributed by atoms with Crippen molar-refractivity contribution in [2.75, 3.05) is 13.1 Å². The monoisotopic (exact) mass is 113 g/mol. The maximum atomic E-state index is 8.50. The van der Waals surface area contributed by atoms with Crippen molar-refractivity contribution >= 4 is 29.6 Å². The van der Waals surface area contributed by atoms with Crippen molar-refractivity contribution in [2.45, 2.75) is 13.8 Å². The summed E-state index contributed by atoms with van der Waals surface area (Å²) in [5.41, 5.74) is 0. The Morgan fingerprint density at radius 2 is 1.57 bits per heavy atom. The van der Waals surface area contributed by atoms with Gasteiger partial charge in [0.1, 0.15) is 0 Å². The van der Waals surface area contributed by atoms with Crippen molar-refractivity contribution < 1.29 is 5.21 Å². The molecule has 0 amide bonds. The van der Waals surface area contributed by atoms with Crippen molar-refractivity contribution in [3.05, 3.63) is 0 Å². The van der Waals surface area contributed by atoms with E-state index in [1.54, 1.807) is 0 Å². The molecule has 3 heteroatoms.